The highest BCUT2D eigenvalue weighted by atomic mass is 16.5. The van der Waals surface area contributed by atoms with Crippen molar-refractivity contribution in [1.82, 2.24) is 9.97 Å². The number of aromatic nitrogens is 2. The van der Waals surface area contributed by atoms with E-state index in [9.17, 15) is 0 Å². The molecule has 0 fully saturated rings. The van der Waals surface area contributed by atoms with Crippen LogP contribution in [0.2, 0.25) is 0 Å². The smallest absolute Gasteiger partial charge is 0.161 e. The predicted octanol–water partition coefficient (Wildman–Crippen LogP) is 3.31. The SMILES string of the molecule is COc1ccc(-c2cnc3ccncc3c2)cc1OC. The molecule has 100 valence electrons. The van der Waals surface area contributed by atoms with E-state index in [1.54, 1.807) is 20.4 Å². The Morgan fingerprint density at radius 1 is 0.850 bits per heavy atom. The number of fused-ring (bicyclic) bond motifs is 1. The lowest BCUT2D eigenvalue weighted by atomic mass is 10.1. The second-order valence-corrected chi connectivity index (χ2v) is 4.36. The Morgan fingerprint density at radius 3 is 2.50 bits per heavy atom. The van der Waals surface area contributed by atoms with Crippen molar-refractivity contribution in [3.8, 4) is 22.6 Å². The van der Waals surface area contributed by atoms with Gasteiger partial charge >= 0.3 is 0 Å². The summed E-state index contributed by atoms with van der Waals surface area (Å²) < 4.78 is 10.6. The molecule has 0 spiro atoms. The fourth-order valence-corrected chi connectivity index (χ4v) is 2.15. The van der Waals surface area contributed by atoms with Gasteiger partial charge in [-0.05, 0) is 29.8 Å². The summed E-state index contributed by atoms with van der Waals surface area (Å²) in [6.45, 7) is 0. The van der Waals surface area contributed by atoms with Crippen molar-refractivity contribution in [3.63, 3.8) is 0 Å². The number of nitrogens with zero attached hydrogens (tertiary/aromatic N) is 2. The maximum atomic E-state index is 5.33. The van der Waals surface area contributed by atoms with E-state index in [2.05, 4.69) is 16.0 Å². The number of hydrogen-bond acceptors (Lipinski definition) is 4. The summed E-state index contributed by atoms with van der Waals surface area (Å²) in [4.78, 5) is 8.57. The molecule has 3 rings (SSSR count). The topological polar surface area (TPSA) is 44.2 Å². The van der Waals surface area contributed by atoms with Crippen molar-refractivity contribution in [2.45, 2.75) is 0 Å². The number of hydrogen-bond donors (Lipinski definition) is 0. The first-order valence-corrected chi connectivity index (χ1v) is 6.24. The third-order valence-corrected chi connectivity index (χ3v) is 3.20. The molecule has 0 bridgehead atoms. The Labute approximate surface area is 117 Å². The molecule has 4 heteroatoms. The van der Waals surface area contributed by atoms with Gasteiger partial charge in [-0.1, -0.05) is 6.07 Å². The van der Waals surface area contributed by atoms with E-state index in [1.165, 1.54) is 0 Å². The second kappa shape index (κ2) is 5.17. The number of ether oxygens (including phenoxy) is 2. The lowest BCUT2D eigenvalue weighted by Crippen LogP contribution is -1.91. The zero-order chi connectivity index (χ0) is 13.9. The maximum Gasteiger partial charge on any atom is 0.161 e. The minimum Gasteiger partial charge on any atom is -0.493 e. The quantitative estimate of drug-likeness (QED) is 0.729. The number of rotatable bonds is 3. The molecule has 20 heavy (non-hydrogen) atoms. The van der Waals surface area contributed by atoms with Gasteiger partial charge in [-0.25, -0.2) is 0 Å². The summed E-state index contributed by atoms with van der Waals surface area (Å²) in [6, 6.07) is 9.78. The van der Waals surface area contributed by atoms with E-state index in [-0.39, 0.29) is 0 Å². The minimum atomic E-state index is 0.705. The molecule has 1 aromatic carbocycles. The van der Waals surface area contributed by atoms with Crippen LogP contribution in [0.5, 0.6) is 11.5 Å². The zero-order valence-corrected chi connectivity index (χ0v) is 11.3. The van der Waals surface area contributed by atoms with Crippen LogP contribution in [0.4, 0.5) is 0 Å². The van der Waals surface area contributed by atoms with Crippen molar-refractivity contribution >= 4 is 10.9 Å². The number of methoxy groups -OCH3 is 2. The van der Waals surface area contributed by atoms with Crippen molar-refractivity contribution < 1.29 is 9.47 Å². The minimum absolute atomic E-state index is 0.705. The number of benzene rings is 1. The summed E-state index contributed by atoms with van der Waals surface area (Å²) in [6.07, 6.45) is 5.40. The molecule has 0 amide bonds. The third kappa shape index (κ3) is 2.16. The van der Waals surface area contributed by atoms with Crippen LogP contribution in [0.1, 0.15) is 0 Å². The molecule has 0 aliphatic heterocycles. The van der Waals surface area contributed by atoms with Gasteiger partial charge in [-0.2, -0.15) is 0 Å². The Kier molecular flexibility index (Phi) is 3.21. The van der Waals surface area contributed by atoms with Crippen LogP contribution in [0.3, 0.4) is 0 Å². The molecule has 4 nitrogen and oxygen atoms in total. The lowest BCUT2D eigenvalue weighted by Gasteiger charge is -2.10. The van der Waals surface area contributed by atoms with E-state index in [1.807, 2.05) is 36.7 Å². The van der Waals surface area contributed by atoms with Gasteiger partial charge in [0.25, 0.3) is 0 Å². The summed E-state index contributed by atoms with van der Waals surface area (Å²) in [5.41, 5.74) is 2.98. The highest BCUT2D eigenvalue weighted by Gasteiger charge is 2.07. The largest absolute Gasteiger partial charge is 0.493 e. The molecule has 0 saturated heterocycles. The fourth-order valence-electron chi connectivity index (χ4n) is 2.15. The van der Waals surface area contributed by atoms with Crippen LogP contribution >= 0.6 is 0 Å². The molecule has 0 radical (unpaired) electrons. The first-order valence-electron chi connectivity index (χ1n) is 6.24. The van der Waals surface area contributed by atoms with Crippen LogP contribution in [0, 0.1) is 0 Å². The van der Waals surface area contributed by atoms with Gasteiger partial charge in [0.2, 0.25) is 0 Å². The molecule has 0 atom stereocenters. The standard InChI is InChI=1S/C16H14N2O2/c1-19-15-4-3-11(8-16(15)20-2)12-7-13-9-17-6-5-14(13)18-10-12/h3-10H,1-2H3. The Morgan fingerprint density at radius 2 is 1.70 bits per heavy atom. The monoisotopic (exact) mass is 266 g/mol. The van der Waals surface area contributed by atoms with Crippen molar-refractivity contribution in [1.29, 1.82) is 0 Å². The maximum absolute atomic E-state index is 5.33. The van der Waals surface area contributed by atoms with Crippen LogP contribution in [0.15, 0.2) is 48.9 Å². The molecular formula is C16H14N2O2. The van der Waals surface area contributed by atoms with Gasteiger partial charge in [0.15, 0.2) is 11.5 Å². The van der Waals surface area contributed by atoms with E-state index in [4.69, 9.17) is 9.47 Å². The molecular weight excluding hydrogens is 252 g/mol. The summed E-state index contributed by atoms with van der Waals surface area (Å²) in [7, 11) is 3.25. The third-order valence-electron chi connectivity index (χ3n) is 3.20. The summed E-state index contributed by atoms with van der Waals surface area (Å²) >= 11 is 0. The van der Waals surface area contributed by atoms with Crippen LogP contribution in [-0.4, -0.2) is 24.2 Å². The second-order valence-electron chi connectivity index (χ2n) is 4.36. The molecule has 0 unspecified atom stereocenters. The zero-order valence-electron chi connectivity index (χ0n) is 11.3. The summed E-state index contributed by atoms with van der Waals surface area (Å²) in [5.74, 6) is 1.42. The molecule has 3 aromatic rings. The van der Waals surface area contributed by atoms with Gasteiger partial charge in [0.1, 0.15) is 0 Å². The van der Waals surface area contributed by atoms with E-state index in [0.717, 1.165) is 22.0 Å². The molecule has 2 aromatic heterocycles. The molecule has 0 N–H and O–H groups in total. The normalized spacial score (nSPS) is 10.5. The molecule has 0 aliphatic carbocycles. The molecule has 2 heterocycles. The Balaban J connectivity index is 2.10. The van der Waals surface area contributed by atoms with Gasteiger partial charge < -0.3 is 9.47 Å². The first-order chi connectivity index (χ1) is 9.81. The van der Waals surface area contributed by atoms with Crippen LogP contribution in [-0.2, 0) is 0 Å². The van der Waals surface area contributed by atoms with Crippen molar-refractivity contribution in [2.24, 2.45) is 0 Å². The van der Waals surface area contributed by atoms with E-state index in [0.29, 0.717) is 11.5 Å². The molecule has 0 saturated carbocycles. The fraction of sp³-hybridized carbons (Fsp3) is 0.125. The van der Waals surface area contributed by atoms with E-state index >= 15 is 0 Å². The average Bonchev–Trinajstić information content (AvgIpc) is 2.53. The Bertz CT molecular complexity index is 756. The lowest BCUT2D eigenvalue weighted by molar-refractivity contribution is 0.355. The number of pyridine rings is 2. The first kappa shape index (κ1) is 12.4. The summed E-state index contributed by atoms with van der Waals surface area (Å²) in [5, 5.41) is 1.01. The predicted molar refractivity (Wildman–Crippen MR) is 78.1 cm³/mol. The average molecular weight is 266 g/mol. The van der Waals surface area contributed by atoms with Crippen molar-refractivity contribution in [2.75, 3.05) is 14.2 Å². The van der Waals surface area contributed by atoms with Crippen molar-refractivity contribution in [3.05, 3.63) is 48.9 Å². The highest BCUT2D eigenvalue weighted by molar-refractivity contribution is 5.83. The van der Waals surface area contributed by atoms with Gasteiger partial charge in [0, 0.05) is 29.5 Å². The highest BCUT2D eigenvalue weighted by Crippen LogP contribution is 2.32. The molecule has 0 aliphatic rings. The van der Waals surface area contributed by atoms with Gasteiger partial charge in [-0.3, -0.25) is 9.97 Å². The van der Waals surface area contributed by atoms with Crippen LogP contribution < -0.4 is 9.47 Å². The Hall–Kier alpha value is -2.62. The van der Waals surface area contributed by atoms with E-state index < -0.39 is 0 Å². The van der Waals surface area contributed by atoms with Gasteiger partial charge in [-0.15, -0.1) is 0 Å². The van der Waals surface area contributed by atoms with Gasteiger partial charge in [0.05, 0.1) is 19.7 Å². The van der Waals surface area contributed by atoms with Crippen LogP contribution in [0.25, 0.3) is 22.0 Å².